The first-order chi connectivity index (χ1) is 16.4. The highest BCUT2D eigenvalue weighted by Crippen LogP contribution is 2.36. The summed E-state index contributed by atoms with van der Waals surface area (Å²) in [5, 5.41) is 5.64. The molecule has 1 saturated heterocycles. The van der Waals surface area contributed by atoms with Crippen molar-refractivity contribution in [1.82, 2.24) is 24.4 Å². The summed E-state index contributed by atoms with van der Waals surface area (Å²) in [5.74, 6) is 0. The Bertz CT molecular complexity index is 1380. The van der Waals surface area contributed by atoms with Crippen LogP contribution in [0.1, 0.15) is 32.1 Å². The van der Waals surface area contributed by atoms with Crippen LogP contribution in [0.3, 0.4) is 0 Å². The third-order valence-corrected chi connectivity index (χ3v) is 7.70. The summed E-state index contributed by atoms with van der Waals surface area (Å²) in [6, 6.07) is 12.8. The Balaban J connectivity index is 0.00000241. The first-order valence-electron chi connectivity index (χ1n) is 12.1. The van der Waals surface area contributed by atoms with Crippen molar-refractivity contribution in [3.63, 3.8) is 0 Å². The number of nitrogens with one attached hydrogen (secondary N) is 1. The van der Waals surface area contributed by atoms with Gasteiger partial charge in [-0.1, -0.05) is 24.6 Å². The molecule has 1 aliphatic heterocycles. The monoisotopic (exact) mass is 535 g/mol. The fourth-order valence-electron chi connectivity index (χ4n) is 5.09. The first-order valence-corrected chi connectivity index (χ1v) is 12.9. The Morgan fingerprint density at radius 3 is 2.65 bits per heavy atom. The van der Waals surface area contributed by atoms with Crippen molar-refractivity contribution in [2.75, 3.05) is 19.6 Å². The smallest absolute Gasteiger partial charge is 0.137 e. The zero-order valence-corrected chi connectivity index (χ0v) is 21.8. The minimum Gasteiger partial charge on any atom is -0.347 e. The highest BCUT2D eigenvalue weighted by Gasteiger charge is 2.16. The van der Waals surface area contributed by atoms with Crippen LogP contribution in [0.2, 0.25) is 0 Å². The van der Waals surface area contributed by atoms with E-state index in [0.717, 1.165) is 33.8 Å². The number of H-pyrrole nitrogens is 1. The van der Waals surface area contributed by atoms with E-state index in [1.54, 1.807) is 11.3 Å². The Morgan fingerprint density at radius 2 is 1.74 bits per heavy atom. The average molecular weight is 537 g/mol. The molecule has 0 radical (unpaired) electrons. The lowest BCUT2D eigenvalue weighted by molar-refractivity contribution is 0.223. The van der Waals surface area contributed by atoms with Crippen LogP contribution < -0.4 is 0 Å². The van der Waals surface area contributed by atoms with Crippen LogP contribution >= 0.6 is 28.3 Å². The second-order valence-corrected chi connectivity index (χ2v) is 9.86. The van der Waals surface area contributed by atoms with Crippen LogP contribution in [-0.4, -0.2) is 44.1 Å². The number of likely N-dealkylation sites (tertiary alicyclic amines) is 1. The summed E-state index contributed by atoms with van der Waals surface area (Å²) >= 11 is 1.72. The molecule has 0 atom stereocenters. The molecule has 0 bridgehead atoms. The molecule has 5 heterocycles. The van der Waals surface area contributed by atoms with E-state index in [0.29, 0.717) is 0 Å². The van der Waals surface area contributed by atoms with Gasteiger partial charge in [-0.05, 0) is 63.5 Å². The Hall–Kier alpha value is -2.48. The minimum absolute atomic E-state index is 0. The van der Waals surface area contributed by atoms with Crippen molar-refractivity contribution in [3.8, 4) is 21.8 Å². The van der Waals surface area contributed by atoms with Gasteiger partial charge in [0, 0.05) is 57.9 Å². The number of unbranched alkanes of at least 4 members (excludes halogenated alkanes) is 1. The van der Waals surface area contributed by atoms with E-state index in [4.69, 9.17) is 4.98 Å². The van der Waals surface area contributed by atoms with Gasteiger partial charge in [0.05, 0.1) is 5.69 Å². The van der Waals surface area contributed by atoms with E-state index < -0.39 is 0 Å². The maximum Gasteiger partial charge on any atom is 0.137 e. The zero-order chi connectivity index (χ0) is 22.0. The molecule has 1 aromatic carbocycles. The normalized spacial score (nSPS) is 14.6. The lowest BCUT2D eigenvalue weighted by Gasteiger charge is -2.26. The quantitative estimate of drug-likeness (QED) is 0.225. The number of fused-ring (bicyclic) bond motifs is 2. The standard InChI is InChI=1S/C27H29N5S.BrH/c1-4-13-31(14-5-1)15-6-7-16-32-18-23(20-9-2-3-11-25(20)32)27-30-24(19-33-27)22-17-29-26-21(22)10-8-12-28-26;/h2-3,8-12,17-19H,1,4-7,13-16H2,(H,28,29);1H. The second kappa shape index (κ2) is 10.4. The van der Waals surface area contributed by atoms with E-state index in [2.05, 4.69) is 61.3 Å². The van der Waals surface area contributed by atoms with Crippen molar-refractivity contribution in [1.29, 1.82) is 0 Å². The molecule has 0 aliphatic carbocycles. The molecule has 4 aromatic heterocycles. The number of pyridine rings is 1. The molecule has 0 amide bonds. The Morgan fingerprint density at radius 1 is 0.912 bits per heavy atom. The van der Waals surface area contributed by atoms with Gasteiger partial charge in [-0.3, -0.25) is 0 Å². The fourth-order valence-corrected chi connectivity index (χ4v) is 5.94. The number of hydrogen-bond donors (Lipinski definition) is 1. The highest BCUT2D eigenvalue weighted by molar-refractivity contribution is 8.93. The number of para-hydroxylation sites is 1. The van der Waals surface area contributed by atoms with Crippen molar-refractivity contribution in [3.05, 3.63) is 60.4 Å². The molecule has 7 heteroatoms. The van der Waals surface area contributed by atoms with Crippen LogP contribution in [-0.2, 0) is 6.54 Å². The van der Waals surface area contributed by atoms with Gasteiger partial charge in [0.25, 0.3) is 0 Å². The molecule has 5 aromatic rings. The number of nitrogens with zero attached hydrogens (tertiary/aromatic N) is 4. The van der Waals surface area contributed by atoms with Crippen LogP contribution in [0.4, 0.5) is 0 Å². The lowest BCUT2D eigenvalue weighted by Crippen LogP contribution is -2.30. The summed E-state index contributed by atoms with van der Waals surface area (Å²) in [4.78, 5) is 15.4. The summed E-state index contributed by atoms with van der Waals surface area (Å²) in [6.07, 6.45) is 12.8. The number of aryl methyl sites for hydroxylation is 1. The average Bonchev–Trinajstić information content (AvgIpc) is 3.59. The van der Waals surface area contributed by atoms with Gasteiger partial charge in [0.15, 0.2) is 0 Å². The van der Waals surface area contributed by atoms with Crippen molar-refractivity contribution >= 4 is 50.3 Å². The van der Waals surface area contributed by atoms with Gasteiger partial charge in [-0.15, -0.1) is 28.3 Å². The maximum absolute atomic E-state index is 5.04. The maximum atomic E-state index is 5.04. The predicted molar refractivity (Wildman–Crippen MR) is 148 cm³/mol. The van der Waals surface area contributed by atoms with Gasteiger partial charge < -0.3 is 14.5 Å². The molecule has 1 N–H and O–H groups in total. The van der Waals surface area contributed by atoms with Crippen LogP contribution in [0, 0.1) is 0 Å². The van der Waals surface area contributed by atoms with E-state index in [-0.39, 0.29) is 17.0 Å². The Kier molecular flexibility index (Phi) is 7.13. The first kappa shape index (κ1) is 23.3. The van der Waals surface area contributed by atoms with E-state index >= 15 is 0 Å². The van der Waals surface area contributed by atoms with Gasteiger partial charge in [0.2, 0.25) is 0 Å². The third kappa shape index (κ3) is 4.57. The summed E-state index contributed by atoms with van der Waals surface area (Å²) < 4.78 is 2.43. The number of thiazole rings is 1. The SMILES string of the molecule is Br.c1cnc2[nH]cc(-c3csc(-c4cn(CCCCN5CCCCC5)c5ccccc45)n3)c2c1. The van der Waals surface area contributed by atoms with Gasteiger partial charge in [-0.25, -0.2) is 9.97 Å². The number of hydrogen-bond acceptors (Lipinski definition) is 4. The van der Waals surface area contributed by atoms with Crippen molar-refractivity contribution in [2.45, 2.75) is 38.6 Å². The van der Waals surface area contributed by atoms with E-state index in [9.17, 15) is 0 Å². The molecule has 1 aliphatic rings. The summed E-state index contributed by atoms with van der Waals surface area (Å²) in [6.45, 7) is 4.87. The molecule has 0 unspecified atom stereocenters. The topological polar surface area (TPSA) is 49.7 Å². The number of benzene rings is 1. The third-order valence-electron chi connectivity index (χ3n) is 6.82. The largest absolute Gasteiger partial charge is 0.347 e. The predicted octanol–water partition coefficient (Wildman–Crippen LogP) is 7.15. The fraction of sp³-hybridized carbons (Fsp3) is 0.333. The van der Waals surface area contributed by atoms with E-state index in [1.165, 1.54) is 68.2 Å². The summed E-state index contributed by atoms with van der Waals surface area (Å²) in [7, 11) is 0. The highest BCUT2D eigenvalue weighted by atomic mass is 79.9. The Labute approximate surface area is 214 Å². The molecule has 1 fully saturated rings. The van der Waals surface area contributed by atoms with Crippen molar-refractivity contribution in [2.24, 2.45) is 0 Å². The molecule has 176 valence electrons. The van der Waals surface area contributed by atoms with Crippen molar-refractivity contribution < 1.29 is 0 Å². The lowest BCUT2D eigenvalue weighted by atomic mass is 10.1. The van der Waals surface area contributed by atoms with Crippen LogP contribution in [0.25, 0.3) is 43.8 Å². The number of rotatable bonds is 7. The van der Waals surface area contributed by atoms with Gasteiger partial charge >= 0.3 is 0 Å². The molecular weight excluding hydrogens is 506 g/mol. The number of aromatic nitrogens is 4. The number of halogens is 1. The van der Waals surface area contributed by atoms with Crippen LogP contribution in [0.5, 0.6) is 0 Å². The number of piperidine rings is 1. The molecule has 34 heavy (non-hydrogen) atoms. The molecule has 5 nitrogen and oxygen atoms in total. The number of aromatic amines is 1. The molecule has 6 rings (SSSR count). The second-order valence-electron chi connectivity index (χ2n) is 9.00. The molecular formula is C27H30BrN5S. The zero-order valence-electron chi connectivity index (χ0n) is 19.2. The van der Waals surface area contributed by atoms with E-state index in [1.807, 2.05) is 18.5 Å². The van der Waals surface area contributed by atoms with Crippen LogP contribution in [0.15, 0.2) is 60.4 Å². The van der Waals surface area contributed by atoms with Gasteiger partial charge in [-0.2, -0.15) is 0 Å². The minimum atomic E-state index is 0. The molecule has 0 spiro atoms. The summed E-state index contributed by atoms with van der Waals surface area (Å²) in [5.41, 5.74) is 5.56. The molecule has 0 saturated carbocycles. The van der Waals surface area contributed by atoms with Gasteiger partial charge in [0.1, 0.15) is 10.7 Å².